The van der Waals surface area contributed by atoms with Gasteiger partial charge in [0.2, 0.25) is 0 Å². The number of hydrogen-bond acceptors (Lipinski definition) is 3. The van der Waals surface area contributed by atoms with Gasteiger partial charge in [-0.15, -0.1) is 0 Å². The minimum absolute atomic E-state index is 0.212. The van der Waals surface area contributed by atoms with E-state index in [2.05, 4.69) is 30.9 Å². The molecule has 3 rings (SSSR count). The van der Waals surface area contributed by atoms with Crippen LogP contribution in [0.2, 0.25) is 5.15 Å². The Morgan fingerprint density at radius 3 is 2.61 bits per heavy atom. The molecule has 1 N–H and O–H groups in total. The van der Waals surface area contributed by atoms with Gasteiger partial charge in [-0.3, -0.25) is 4.90 Å². The quantitative estimate of drug-likeness (QED) is 0.913. The summed E-state index contributed by atoms with van der Waals surface area (Å²) in [4.78, 5) is 2.26. The van der Waals surface area contributed by atoms with Crippen LogP contribution >= 0.6 is 11.6 Å². The average molecular weight is 334 g/mol. The van der Waals surface area contributed by atoms with Crippen LogP contribution in [-0.2, 0) is 13.1 Å². The van der Waals surface area contributed by atoms with Crippen molar-refractivity contribution >= 4 is 11.6 Å². The van der Waals surface area contributed by atoms with Gasteiger partial charge in [-0.2, -0.15) is 5.10 Å². The topological polar surface area (TPSA) is 41.3 Å². The second-order valence-corrected chi connectivity index (χ2v) is 6.99. The molecule has 0 aliphatic carbocycles. The van der Waals surface area contributed by atoms with Crippen molar-refractivity contribution in [2.75, 3.05) is 13.1 Å². The van der Waals surface area contributed by atoms with E-state index in [1.165, 1.54) is 5.56 Å². The van der Waals surface area contributed by atoms with Gasteiger partial charge < -0.3 is 5.11 Å². The molecule has 0 radical (unpaired) electrons. The van der Waals surface area contributed by atoms with Crippen LogP contribution in [-0.4, -0.2) is 39.0 Å². The van der Waals surface area contributed by atoms with E-state index in [4.69, 9.17) is 16.7 Å². The van der Waals surface area contributed by atoms with Gasteiger partial charge in [0.25, 0.3) is 0 Å². The third kappa shape index (κ3) is 3.77. The number of aliphatic hydroxyl groups excluding tert-OH is 1. The van der Waals surface area contributed by atoms with E-state index in [0.717, 1.165) is 42.5 Å². The molecule has 0 spiro atoms. The van der Waals surface area contributed by atoms with Crippen LogP contribution in [0.15, 0.2) is 30.3 Å². The molecule has 4 nitrogen and oxygen atoms in total. The number of likely N-dealkylation sites (tertiary alicyclic amines) is 1. The number of nitrogens with zero attached hydrogens (tertiary/aromatic N) is 3. The molecule has 1 atom stereocenters. The standard InChI is InChI=1S/C18H24ClN3O/c1-13(2)17-16(12-21-9-8-15(23)11-21)18(19)22(20-17)10-14-6-4-3-5-7-14/h3-7,13,15,23H,8-12H2,1-2H3/t15-/m1/s1. The summed E-state index contributed by atoms with van der Waals surface area (Å²) in [7, 11) is 0. The first-order chi connectivity index (χ1) is 11.0. The maximum absolute atomic E-state index is 9.73. The van der Waals surface area contributed by atoms with Gasteiger partial charge in [0, 0.05) is 25.2 Å². The number of aliphatic hydroxyl groups is 1. The van der Waals surface area contributed by atoms with Gasteiger partial charge in [-0.1, -0.05) is 55.8 Å². The van der Waals surface area contributed by atoms with Crippen molar-refractivity contribution in [3.05, 3.63) is 52.3 Å². The average Bonchev–Trinajstić information content (AvgIpc) is 3.07. The molecule has 1 aromatic carbocycles. The third-order valence-electron chi connectivity index (χ3n) is 4.36. The summed E-state index contributed by atoms with van der Waals surface area (Å²) in [5, 5.41) is 15.2. The van der Waals surface area contributed by atoms with Crippen LogP contribution in [0, 0.1) is 0 Å². The monoisotopic (exact) mass is 333 g/mol. The summed E-state index contributed by atoms with van der Waals surface area (Å²) < 4.78 is 1.90. The Morgan fingerprint density at radius 1 is 1.26 bits per heavy atom. The number of aromatic nitrogens is 2. The van der Waals surface area contributed by atoms with Crippen LogP contribution in [0.4, 0.5) is 0 Å². The van der Waals surface area contributed by atoms with E-state index in [1.54, 1.807) is 0 Å². The largest absolute Gasteiger partial charge is 0.392 e. The van der Waals surface area contributed by atoms with E-state index in [9.17, 15) is 5.11 Å². The fourth-order valence-corrected chi connectivity index (χ4v) is 3.40. The smallest absolute Gasteiger partial charge is 0.132 e. The second kappa shape index (κ2) is 7.04. The van der Waals surface area contributed by atoms with Crippen molar-refractivity contribution in [2.45, 2.75) is 45.4 Å². The summed E-state index contributed by atoms with van der Waals surface area (Å²) in [5.41, 5.74) is 3.36. The number of hydrogen-bond donors (Lipinski definition) is 1. The Labute approximate surface area is 142 Å². The maximum Gasteiger partial charge on any atom is 0.132 e. The fraction of sp³-hybridized carbons (Fsp3) is 0.500. The Kier molecular flexibility index (Phi) is 5.05. The summed E-state index contributed by atoms with van der Waals surface area (Å²) in [6.45, 7) is 7.37. The molecule has 2 heterocycles. The Balaban J connectivity index is 1.85. The lowest BCUT2D eigenvalue weighted by molar-refractivity contribution is 0.174. The number of β-amino-alcohol motifs (C(OH)–C–C–N with tert-alkyl or cyclic N) is 1. The summed E-state index contributed by atoms with van der Waals surface area (Å²) in [6, 6.07) is 10.2. The van der Waals surface area contributed by atoms with Crippen LogP contribution < -0.4 is 0 Å². The van der Waals surface area contributed by atoms with Gasteiger partial charge in [0.05, 0.1) is 18.3 Å². The van der Waals surface area contributed by atoms with Crippen LogP contribution in [0.1, 0.15) is 43.0 Å². The first-order valence-corrected chi connectivity index (χ1v) is 8.61. The summed E-state index contributed by atoms with van der Waals surface area (Å²) in [5.74, 6) is 0.326. The van der Waals surface area contributed by atoms with Crippen LogP contribution in [0.5, 0.6) is 0 Å². The zero-order valence-corrected chi connectivity index (χ0v) is 14.5. The van der Waals surface area contributed by atoms with E-state index in [-0.39, 0.29) is 6.10 Å². The minimum atomic E-state index is -0.212. The van der Waals surface area contributed by atoms with Crippen LogP contribution in [0.3, 0.4) is 0 Å². The van der Waals surface area contributed by atoms with Gasteiger partial charge in [-0.25, -0.2) is 4.68 Å². The van der Waals surface area contributed by atoms with Gasteiger partial charge >= 0.3 is 0 Å². The molecule has 0 amide bonds. The van der Waals surface area contributed by atoms with Crippen molar-refractivity contribution < 1.29 is 5.11 Å². The van der Waals surface area contributed by atoms with Crippen molar-refractivity contribution in [3.63, 3.8) is 0 Å². The lowest BCUT2D eigenvalue weighted by Gasteiger charge is -2.16. The number of halogens is 1. The normalized spacial score (nSPS) is 18.9. The molecule has 2 aromatic rings. The first-order valence-electron chi connectivity index (χ1n) is 8.24. The Hall–Kier alpha value is -1.36. The molecule has 1 saturated heterocycles. The number of rotatable bonds is 5. The molecule has 124 valence electrons. The Bertz CT molecular complexity index is 654. The van der Waals surface area contributed by atoms with Gasteiger partial charge in [0.15, 0.2) is 0 Å². The predicted octanol–water partition coefficient (Wildman–Crippen LogP) is 3.27. The lowest BCUT2D eigenvalue weighted by Crippen LogP contribution is -2.22. The molecule has 0 bridgehead atoms. The van der Waals surface area contributed by atoms with Crippen molar-refractivity contribution in [3.8, 4) is 0 Å². The van der Waals surface area contributed by atoms with Crippen molar-refractivity contribution in [2.24, 2.45) is 0 Å². The van der Waals surface area contributed by atoms with E-state index in [1.807, 2.05) is 22.9 Å². The van der Waals surface area contributed by atoms with Gasteiger partial charge in [0.1, 0.15) is 5.15 Å². The highest BCUT2D eigenvalue weighted by molar-refractivity contribution is 6.30. The highest BCUT2D eigenvalue weighted by Gasteiger charge is 2.25. The first kappa shape index (κ1) is 16.5. The zero-order chi connectivity index (χ0) is 16.4. The third-order valence-corrected chi connectivity index (χ3v) is 4.79. The molecule has 0 saturated carbocycles. The Morgan fingerprint density at radius 2 is 2.00 bits per heavy atom. The number of benzene rings is 1. The molecule has 1 fully saturated rings. The van der Waals surface area contributed by atoms with E-state index in [0.29, 0.717) is 12.5 Å². The molecule has 1 aromatic heterocycles. The fourth-order valence-electron chi connectivity index (χ4n) is 3.15. The molecule has 23 heavy (non-hydrogen) atoms. The zero-order valence-electron chi connectivity index (χ0n) is 13.7. The summed E-state index contributed by atoms with van der Waals surface area (Å²) >= 11 is 6.65. The van der Waals surface area contributed by atoms with Crippen LogP contribution in [0.25, 0.3) is 0 Å². The van der Waals surface area contributed by atoms with E-state index < -0.39 is 0 Å². The molecule has 0 unspecified atom stereocenters. The van der Waals surface area contributed by atoms with Crippen molar-refractivity contribution in [1.29, 1.82) is 0 Å². The highest BCUT2D eigenvalue weighted by Crippen LogP contribution is 2.29. The molecular weight excluding hydrogens is 310 g/mol. The maximum atomic E-state index is 9.73. The van der Waals surface area contributed by atoms with Crippen molar-refractivity contribution in [1.82, 2.24) is 14.7 Å². The SMILES string of the molecule is CC(C)c1nn(Cc2ccccc2)c(Cl)c1CN1CC[C@@H](O)C1. The summed E-state index contributed by atoms with van der Waals surface area (Å²) in [6.07, 6.45) is 0.628. The van der Waals surface area contributed by atoms with E-state index >= 15 is 0 Å². The molecular formula is C18H24ClN3O. The lowest BCUT2D eigenvalue weighted by atomic mass is 10.1. The minimum Gasteiger partial charge on any atom is -0.392 e. The molecule has 1 aliphatic heterocycles. The highest BCUT2D eigenvalue weighted by atomic mass is 35.5. The molecule has 1 aliphatic rings. The predicted molar refractivity (Wildman–Crippen MR) is 92.8 cm³/mol. The molecule has 5 heteroatoms. The second-order valence-electron chi connectivity index (χ2n) is 6.63. The van der Waals surface area contributed by atoms with Gasteiger partial charge in [-0.05, 0) is 17.9 Å².